The summed E-state index contributed by atoms with van der Waals surface area (Å²) >= 11 is 0. The lowest BCUT2D eigenvalue weighted by atomic mass is 10.1. The van der Waals surface area contributed by atoms with Crippen LogP contribution in [0.3, 0.4) is 0 Å². The fourth-order valence-corrected chi connectivity index (χ4v) is 2.03. The highest BCUT2D eigenvalue weighted by Gasteiger charge is 2.20. The van der Waals surface area contributed by atoms with Gasteiger partial charge in [0.15, 0.2) is 0 Å². The Labute approximate surface area is 94.2 Å². The van der Waals surface area contributed by atoms with Gasteiger partial charge in [-0.05, 0) is 33.2 Å². The van der Waals surface area contributed by atoms with Crippen molar-refractivity contribution < 1.29 is 4.74 Å². The first-order valence-corrected chi connectivity index (χ1v) is 6.31. The van der Waals surface area contributed by atoms with E-state index in [4.69, 9.17) is 4.74 Å². The summed E-state index contributed by atoms with van der Waals surface area (Å²) in [7, 11) is 0. The average molecular weight is 214 g/mol. The van der Waals surface area contributed by atoms with Crippen molar-refractivity contribution in [2.75, 3.05) is 32.8 Å². The van der Waals surface area contributed by atoms with Crippen molar-refractivity contribution in [1.29, 1.82) is 0 Å². The monoisotopic (exact) mass is 214 g/mol. The van der Waals surface area contributed by atoms with E-state index in [0.29, 0.717) is 12.1 Å². The van der Waals surface area contributed by atoms with Crippen molar-refractivity contribution in [3.63, 3.8) is 0 Å². The Bertz CT molecular complexity index is 156. The maximum atomic E-state index is 5.47. The van der Waals surface area contributed by atoms with Crippen LogP contribution in [0.1, 0.15) is 33.6 Å². The molecule has 90 valence electrons. The van der Waals surface area contributed by atoms with Gasteiger partial charge in [-0.3, -0.25) is 4.90 Å². The molecule has 0 aliphatic carbocycles. The first kappa shape index (κ1) is 12.9. The number of rotatable bonds is 5. The van der Waals surface area contributed by atoms with Crippen LogP contribution in [-0.2, 0) is 4.74 Å². The summed E-state index contributed by atoms with van der Waals surface area (Å²) in [5.41, 5.74) is 0. The van der Waals surface area contributed by atoms with E-state index < -0.39 is 0 Å². The Hall–Kier alpha value is -0.120. The van der Waals surface area contributed by atoms with Crippen LogP contribution in [0.15, 0.2) is 0 Å². The predicted octanol–water partition coefficient (Wildman–Crippen LogP) is 1.49. The number of hydrogen-bond donors (Lipinski definition) is 1. The minimum atomic E-state index is 0.572. The molecule has 1 saturated heterocycles. The van der Waals surface area contributed by atoms with Gasteiger partial charge in [-0.1, -0.05) is 6.92 Å². The van der Waals surface area contributed by atoms with Crippen LogP contribution in [0.4, 0.5) is 0 Å². The van der Waals surface area contributed by atoms with E-state index in [1.54, 1.807) is 0 Å². The molecule has 2 unspecified atom stereocenters. The molecule has 3 nitrogen and oxygen atoms in total. The van der Waals surface area contributed by atoms with Crippen LogP contribution in [-0.4, -0.2) is 49.8 Å². The quantitative estimate of drug-likeness (QED) is 0.750. The summed E-state index contributed by atoms with van der Waals surface area (Å²) in [6.45, 7) is 12.0. The molecule has 15 heavy (non-hydrogen) atoms. The van der Waals surface area contributed by atoms with Gasteiger partial charge in [0.25, 0.3) is 0 Å². The molecule has 1 heterocycles. The van der Waals surface area contributed by atoms with E-state index >= 15 is 0 Å². The second-order valence-electron chi connectivity index (χ2n) is 4.49. The molecule has 0 aromatic heterocycles. The molecular formula is C12H26N2O. The third-order valence-corrected chi connectivity index (χ3v) is 3.27. The highest BCUT2D eigenvalue weighted by molar-refractivity contribution is 4.78. The molecule has 0 bridgehead atoms. The minimum absolute atomic E-state index is 0.572. The Kier molecular flexibility index (Phi) is 6.22. The summed E-state index contributed by atoms with van der Waals surface area (Å²) < 4.78 is 5.47. The number of hydrogen-bond acceptors (Lipinski definition) is 3. The summed E-state index contributed by atoms with van der Waals surface area (Å²) in [4.78, 5) is 2.54. The fourth-order valence-electron chi connectivity index (χ4n) is 2.03. The second kappa shape index (κ2) is 7.20. The van der Waals surface area contributed by atoms with Gasteiger partial charge in [0.2, 0.25) is 0 Å². The fraction of sp³-hybridized carbons (Fsp3) is 1.00. The van der Waals surface area contributed by atoms with Gasteiger partial charge < -0.3 is 10.1 Å². The molecule has 1 fully saturated rings. The van der Waals surface area contributed by atoms with Crippen molar-refractivity contribution in [1.82, 2.24) is 10.2 Å². The highest BCUT2D eigenvalue weighted by Crippen LogP contribution is 2.08. The highest BCUT2D eigenvalue weighted by atomic mass is 16.5. The summed E-state index contributed by atoms with van der Waals surface area (Å²) in [6.07, 6.45) is 2.38. The number of nitrogens with zero attached hydrogens (tertiary/aromatic N) is 1. The molecule has 1 rings (SSSR count). The van der Waals surface area contributed by atoms with Crippen molar-refractivity contribution in [2.45, 2.75) is 45.7 Å². The molecule has 1 N–H and O–H groups in total. The Morgan fingerprint density at radius 2 is 2.07 bits per heavy atom. The van der Waals surface area contributed by atoms with Crippen LogP contribution in [0.2, 0.25) is 0 Å². The minimum Gasteiger partial charge on any atom is -0.380 e. The maximum absolute atomic E-state index is 5.47. The molecule has 0 amide bonds. The van der Waals surface area contributed by atoms with E-state index in [0.717, 1.165) is 26.3 Å². The van der Waals surface area contributed by atoms with Crippen molar-refractivity contribution in [3.05, 3.63) is 0 Å². The SMILES string of the molecule is CCCNC(C)C(C)N1CCCOCC1. The summed E-state index contributed by atoms with van der Waals surface area (Å²) in [6, 6.07) is 1.18. The molecule has 0 radical (unpaired) electrons. The number of ether oxygens (including phenoxy) is 1. The van der Waals surface area contributed by atoms with Gasteiger partial charge >= 0.3 is 0 Å². The topological polar surface area (TPSA) is 24.5 Å². The molecule has 0 aromatic rings. The Balaban J connectivity index is 2.32. The van der Waals surface area contributed by atoms with E-state index in [9.17, 15) is 0 Å². The lowest BCUT2D eigenvalue weighted by Crippen LogP contribution is -2.48. The third kappa shape index (κ3) is 4.49. The maximum Gasteiger partial charge on any atom is 0.0593 e. The standard InChI is InChI=1S/C12H26N2O/c1-4-6-13-11(2)12(3)14-7-5-9-15-10-8-14/h11-13H,4-10H2,1-3H3. The van der Waals surface area contributed by atoms with Crippen molar-refractivity contribution in [2.24, 2.45) is 0 Å². The first-order chi connectivity index (χ1) is 7.25. The predicted molar refractivity (Wildman–Crippen MR) is 64.2 cm³/mol. The Morgan fingerprint density at radius 1 is 1.27 bits per heavy atom. The lowest BCUT2D eigenvalue weighted by Gasteiger charge is -2.32. The zero-order valence-electron chi connectivity index (χ0n) is 10.5. The van der Waals surface area contributed by atoms with E-state index in [2.05, 4.69) is 31.0 Å². The van der Waals surface area contributed by atoms with Crippen LogP contribution in [0.5, 0.6) is 0 Å². The normalized spacial score (nSPS) is 23.4. The number of nitrogens with one attached hydrogen (secondary N) is 1. The van der Waals surface area contributed by atoms with Gasteiger partial charge in [0.1, 0.15) is 0 Å². The molecule has 3 heteroatoms. The van der Waals surface area contributed by atoms with Crippen molar-refractivity contribution >= 4 is 0 Å². The molecule has 1 aliphatic rings. The molecule has 0 saturated carbocycles. The van der Waals surface area contributed by atoms with Gasteiger partial charge in [-0.15, -0.1) is 0 Å². The van der Waals surface area contributed by atoms with E-state index in [1.165, 1.54) is 19.4 Å². The van der Waals surface area contributed by atoms with Crippen LogP contribution < -0.4 is 5.32 Å². The van der Waals surface area contributed by atoms with Crippen molar-refractivity contribution in [3.8, 4) is 0 Å². The average Bonchev–Trinajstić information content (AvgIpc) is 2.53. The lowest BCUT2D eigenvalue weighted by molar-refractivity contribution is 0.127. The van der Waals surface area contributed by atoms with E-state index in [-0.39, 0.29) is 0 Å². The molecule has 0 spiro atoms. The van der Waals surface area contributed by atoms with E-state index in [1.807, 2.05) is 0 Å². The zero-order chi connectivity index (χ0) is 11.1. The van der Waals surface area contributed by atoms with Gasteiger partial charge in [-0.2, -0.15) is 0 Å². The first-order valence-electron chi connectivity index (χ1n) is 6.31. The van der Waals surface area contributed by atoms with Gasteiger partial charge in [0.05, 0.1) is 6.61 Å². The molecule has 2 atom stereocenters. The second-order valence-corrected chi connectivity index (χ2v) is 4.49. The zero-order valence-corrected chi connectivity index (χ0v) is 10.5. The summed E-state index contributed by atoms with van der Waals surface area (Å²) in [5, 5.41) is 3.57. The molecular weight excluding hydrogens is 188 g/mol. The van der Waals surface area contributed by atoms with Crippen LogP contribution >= 0.6 is 0 Å². The Morgan fingerprint density at radius 3 is 2.80 bits per heavy atom. The van der Waals surface area contributed by atoms with Gasteiger partial charge in [0, 0.05) is 31.8 Å². The van der Waals surface area contributed by atoms with Gasteiger partial charge in [-0.25, -0.2) is 0 Å². The third-order valence-electron chi connectivity index (χ3n) is 3.27. The van der Waals surface area contributed by atoms with Crippen LogP contribution in [0, 0.1) is 0 Å². The molecule has 0 aromatic carbocycles. The smallest absolute Gasteiger partial charge is 0.0593 e. The largest absolute Gasteiger partial charge is 0.380 e. The summed E-state index contributed by atoms with van der Waals surface area (Å²) in [5.74, 6) is 0. The molecule has 1 aliphatic heterocycles. The van der Waals surface area contributed by atoms with Crippen LogP contribution in [0.25, 0.3) is 0 Å².